The van der Waals surface area contributed by atoms with E-state index in [1.165, 1.54) is 23.6 Å². The lowest BCUT2D eigenvalue weighted by Gasteiger charge is -2.10. The molecule has 126 valence electrons. The highest BCUT2D eigenvalue weighted by molar-refractivity contribution is 8.13. The van der Waals surface area contributed by atoms with Gasteiger partial charge in [-0.3, -0.25) is 14.5 Å². The van der Waals surface area contributed by atoms with Crippen LogP contribution in [0.15, 0.2) is 22.6 Å². The molecule has 1 unspecified atom stereocenters. The number of carbonyl (C=O) groups excluding carboxylic acids is 2. The average molecular weight is 345 g/mol. The summed E-state index contributed by atoms with van der Waals surface area (Å²) in [5.74, 6) is 1.13. The molecule has 0 spiro atoms. The van der Waals surface area contributed by atoms with Crippen molar-refractivity contribution in [1.29, 1.82) is 0 Å². The summed E-state index contributed by atoms with van der Waals surface area (Å²) >= 11 is 1.25. The first kappa shape index (κ1) is 16.7. The summed E-state index contributed by atoms with van der Waals surface area (Å²) in [5, 5.41) is 8.18. The van der Waals surface area contributed by atoms with Gasteiger partial charge in [-0.2, -0.15) is 0 Å². The Bertz CT molecular complexity index is 787. The average Bonchev–Trinajstić information content (AvgIpc) is 3.11. The molecule has 3 rings (SSSR count). The molecule has 0 bridgehead atoms. The molecule has 2 heterocycles. The SMILES string of the molecule is CC(=O)SCC1CC(=O)N(c2nnc(-c3ccc(C)cc3C)o2)C1. The van der Waals surface area contributed by atoms with Gasteiger partial charge in [0.1, 0.15) is 0 Å². The molecule has 1 amide bonds. The fraction of sp³-hybridized carbons (Fsp3) is 0.412. The fourth-order valence-electron chi connectivity index (χ4n) is 2.80. The summed E-state index contributed by atoms with van der Waals surface area (Å²) in [7, 11) is 0. The van der Waals surface area contributed by atoms with Crippen LogP contribution in [0.1, 0.15) is 24.5 Å². The van der Waals surface area contributed by atoms with Crippen molar-refractivity contribution < 1.29 is 14.0 Å². The van der Waals surface area contributed by atoms with Crippen LogP contribution in [0.25, 0.3) is 11.5 Å². The van der Waals surface area contributed by atoms with Crippen LogP contribution in [0.4, 0.5) is 6.01 Å². The number of aryl methyl sites for hydroxylation is 2. The van der Waals surface area contributed by atoms with E-state index < -0.39 is 0 Å². The van der Waals surface area contributed by atoms with E-state index in [2.05, 4.69) is 16.3 Å². The molecule has 1 saturated heterocycles. The lowest BCUT2D eigenvalue weighted by molar-refractivity contribution is -0.117. The van der Waals surface area contributed by atoms with Crippen LogP contribution < -0.4 is 4.90 Å². The van der Waals surface area contributed by atoms with Gasteiger partial charge in [0.2, 0.25) is 11.8 Å². The van der Waals surface area contributed by atoms with E-state index >= 15 is 0 Å². The maximum absolute atomic E-state index is 12.2. The number of anilines is 1. The van der Waals surface area contributed by atoms with E-state index in [-0.39, 0.29) is 23.0 Å². The number of aromatic nitrogens is 2. The zero-order valence-corrected chi connectivity index (χ0v) is 14.7. The molecule has 0 N–H and O–H groups in total. The predicted octanol–water partition coefficient (Wildman–Crippen LogP) is 2.99. The number of nitrogens with zero attached hydrogens (tertiary/aromatic N) is 3. The van der Waals surface area contributed by atoms with Gasteiger partial charge in [0.15, 0.2) is 5.12 Å². The van der Waals surface area contributed by atoms with E-state index in [4.69, 9.17) is 4.42 Å². The number of amides is 1. The summed E-state index contributed by atoms with van der Waals surface area (Å²) in [4.78, 5) is 24.8. The summed E-state index contributed by atoms with van der Waals surface area (Å²) in [5.41, 5.74) is 3.08. The summed E-state index contributed by atoms with van der Waals surface area (Å²) < 4.78 is 5.73. The van der Waals surface area contributed by atoms with Gasteiger partial charge in [0, 0.05) is 31.2 Å². The molecule has 1 aromatic carbocycles. The maximum Gasteiger partial charge on any atom is 0.325 e. The van der Waals surface area contributed by atoms with Crippen LogP contribution in [0.2, 0.25) is 0 Å². The van der Waals surface area contributed by atoms with Gasteiger partial charge in [-0.15, -0.1) is 5.10 Å². The molecule has 0 radical (unpaired) electrons. The van der Waals surface area contributed by atoms with Crippen molar-refractivity contribution in [2.45, 2.75) is 27.2 Å². The van der Waals surface area contributed by atoms with Crippen LogP contribution >= 0.6 is 11.8 Å². The highest BCUT2D eigenvalue weighted by Gasteiger charge is 2.34. The van der Waals surface area contributed by atoms with E-state index in [1.54, 1.807) is 0 Å². The smallest absolute Gasteiger partial charge is 0.325 e. The Hall–Kier alpha value is -2.15. The Morgan fingerprint density at radius 2 is 2.17 bits per heavy atom. The number of hydrogen-bond donors (Lipinski definition) is 0. The zero-order chi connectivity index (χ0) is 17.3. The molecule has 1 aliphatic heterocycles. The highest BCUT2D eigenvalue weighted by atomic mass is 32.2. The molecular formula is C17H19N3O3S. The third kappa shape index (κ3) is 3.51. The molecule has 1 atom stereocenters. The highest BCUT2D eigenvalue weighted by Crippen LogP contribution is 2.30. The van der Waals surface area contributed by atoms with Crippen molar-refractivity contribution >= 4 is 28.8 Å². The Morgan fingerprint density at radius 1 is 1.38 bits per heavy atom. The fourth-order valence-corrected chi connectivity index (χ4v) is 3.49. The van der Waals surface area contributed by atoms with Crippen LogP contribution in [0.3, 0.4) is 0 Å². The third-order valence-corrected chi connectivity index (χ3v) is 5.03. The van der Waals surface area contributed by atoms with E-state index in [0.717, 1.165) is 16.7 Å². The van der Waals surface area contributed by atoms with Gasteiger partial charge in [0.25, 0.3) is 0 Å². The number of benzene rings is 1. The van der Waals surface area contributed by atoms with Crippen molar-refractivity contribution in [3.05, 3.63) is 29.3 Å². The molecule has 0 saturated carbocycles. The first-order valence-corrected chi connectivity index (χ1v) is 8.77. The number of thioether (sulfide) groups is 1. The molecule has 6 nitrogen and oxygen atoms in total. The maximum atomic E-state index is 12.2. The van der Waals surface area contributed by atoms with E-state index in [1.807, 2.05) is 26.0 Å². The monoisotopic (exact) mass is 345 g/mol. The van der Waals surface area contributed by atoms with Crippen molar-refractivity contribution in [1.82, 2.24) is 10.2 Å². The van der Waals surface area contributed by atoms with Crippen molar-refractivity contribution in [2.75, 3.05) is 17.2 Å². The van der Waals surface area contributed by atoms with Gasteiger partial charge < -0.3 is 4.42 Å². The minimum atomic E-state index is -0.0417. The molecule has 1 aliphatic rings. The third-order valence-electron chi connectivity index (χ3n) is 3.98. The summed E-state index contributed by atoms with van der Waals surface area (Å²) in [6.07, 6.45) is 0.404. The first-order valence-electron chi connectivity index (χ1n) is 7.79. The van der Waals surface area contributed by atoms with Crippen LogP contribution in [0, 0.1) is 19.8 Å². The Labute approximate surface area is 144 Å². The minimum Gasteiger partial charge on any atom is -0.403 e. The van der Waals surface area contributed by atoms with E-state index in [0.29, 0.717) is 24.6 Å². The molecule has 1 aromatic heterocycles. The Balaban J connectivity index is 1.76. The van der Waals surface area contributed by atoms with Gasteiger partial charge in [0.05, 0.1) is 0 Å². The summed E-state index contributed by atoms with van der Waals surface area (Å²) in [6, 6.07) is 6.21. The molecule has 24 heavy (non-hydrogen) atoms. The molecule has 0 aliphatic carbocycles. The molecule has 2 aromatic rings. The van der Waals surface area contributed by atoms with Crippen LogP contribution in [-0.4, -0.2) is 33.5 Å². The lowest BCUT2D eigenvalue weighted by atomic mass is 10.1. The van der Waals surface area contributed by atoms with Gasteiger partial charge >= 0.3 is 6.01 Å². The first-order chi connectivity index (χ1) is 11.4. The minimum absolute atomic E-state index is 0.0417. The van der Waals surface area contributed by atoms with Gasteiger partial charge in [-0.05, 0) is 31.4 Å². The quantitative estimate of drug-likeness (QED) is 0.848. The van der Waals surface area contributed by atoms with Crippen molar-refractivity contribution in [3.8, 4) is 11.5 Å². The normalized spacial score (nSPS) is 17.5. The van der Waals surface area contributed by atoms with Crippen molar-refractivity contribution in [3.63, 3.8) is 0 Å². The van der Waals surface area contributed by atoms with Crippen molar-refractivity contribution in [2.24, 2.45) is 5.92 Å². The second kappa shape index (κ2) is 6.76. The largest absolute Gasteiger partial charge is 0.403 e. The lowest BCUT2D eigenvalue weighted by Crippen LogP contribution is -2.25. The van der Waals surface area contributed by atoms with Crippen LogP contribution in [-0.2, 0) is 9.59 Å². The van der Waals surface area contributed by atoms with Crippen LogP contribution in [0.5, 0.6) is 0 Å². The number of carbonyl (C=O) groups is 2. The molecule has 1 fully saturated rings. The second-order valence-electron chi connectivity index (χ2n) is 6.09. The predicted molar refractivity (Wildman–Crippen MR) is 92.8 cm³/mol. The Kier molecular flexibility index (Phi) is 4.71. The number of rotatable bonds is 4. The Morgan fingerprint density at radius 3 is 2.88 bits per heavy atom. The van der Waals surface area contributed by atoms with Gasteiger partial charge in [-0.25, -0.2) is 0 Å². The molecular weight excluding hydrogens is 326 g/mol. The topological polar surface area (TPSA) is 76.3 Å². The zero-order valence-electron chi connectivity index (χ0n) is 13.9. The summed E-state index contributed by atoms with van der Waals surface area (Å²) in [6.45, 7) is 6.06. The number of hydrogen-bond acceptors (Lipinski definition) is 6. The second-order valence-corrected chi connectivity index (χ2v) is 7.28. The van der Waals surface area contributed by atoms with Gasteiger partial charge in [-0.1, -0.05) is 34.6 Å². The standard InChI is InChI=1S/C17H19N3O3S/c1-10-4-5-14(11(2)6-10)16-18-19-17(23-16)20-8-13(7-15(20)22)9-24-12(3)21/h4-6,13H,7-9H2,1-3H3. The van der Waals surface area contributed by atoms with E-state index in [9.17, 15) is 9.59 Å². The molecule has 7 heteroatoms.